The van der Waals surface area contributed by atoms with Crippen molar-refractivity contribution in [3.05, 3.63) is 35.9 Å². The van der Waals surface area contributed by atoms with Gasteiger partial charge in [-0.2, -0.15) is 0 Å². The van der Waals surface area contributed by atoms with Gasteiger partial charge in [-0.15, -0.1) is 0 Å². The van der Waals surface area contributed by atoms with Gasteiger partial charge < -0.3 is 0 Å². The molecule has 1 aromatic rings. The van der Waals surface area contributed by atoms with Crippen LogP contribution in [0.15, 0.2) is 30.3 Å². The van der Waals surface area contributed by atoms with E-state index in [1.807, 2.05) is 30.3 Å². The van der Waals surface area contributed by atoms with Crippen molar-refractivity contribution in [2.24, 2.45) is 0 Å². The average molecular weight is 240 g/mol. The molecular weight excluding hydrogens is 224 g/mol. The third-order valence-corrected chi connectivity index (χ3v) is 3.03. The number of sulfone groups is 1. The van der Waals surface area contributed by atoms with Gasteiger partial charge >= 0.3 is 0 Å². The molecule has 0 heterocycles. The van der Waals surface area contributed by atoms with Crippen molar-refractivity contribution < 1.29 is 13.2 Å². The Kier molecular flexibility index (Phi) is 4.68. The van der Waals surface area contributed by atoms with E-state index in [2.05, 4.69) is 0 Å². The van der Waals surface area contributed by atoms with Crippen LogP contribution in [0, 0.1) is 0 Å². The minimum atomic E-state index is -3.17. The van der Waals surface area contributed by atoms with Crippen LogP contribution in [0.5, 0.6) is 0 Å². The van der Waals surface area contributed by atoms with Crippen molar-refractivity contribution in [2.75, 3.05) is 12.0 Å². The first-order valence-electron chi connectivity index (χ1n) is 5.21. The summed E-state index contributed by atoms with van der Waals surface area (Å²) in [7, 11) is -3.17. The molecule has 0 aromatic heterocycles. The first-order chi connectivity index (χ1) is 7.47. The Labute approximate surface area is 96.4 Å². The predicted octanol–water partition coefficient (Wildman–Crippen LogP) is 1.62. The number of hydrogen-bond acceptors (Lipinski definition) is 3. The van der Waals surface area contributed by atoms with E-state index in [1.54, 1.807) is 0 Å². The third kappa shape index (κ3) is 5.66. The largest absolute Gasteiger partial charge is 0.299 e. The summed E-state index contributed by atoms with van der Waals surface area (Å²) in [5.74, 6) is -0.527. The van der Waals surface area contributed by atoms with Crippen molar-refractivity contribution in [3.8, 4) is 0 Å². The molecule has 0 atom stereocenters. The second-order valence-corrected chi connectivity index (χ2v) is 6.09. The highest BCUT2D eigenvalue weighted by molar-refractivity contribution is 7.91. The van der Waals surface area contributed by atoms with Crippen molar-refractivity contribution in [1.29, 1.82) is 0 Å². The fourth-order valence-electron chi connectivity index (χ4n) is 1.50. The molecular formula is C12H16O3S. The maximum atomic E-state index is 11.3. The topological polar surface area (TPSA) is 51.2 Å². The van der Waals surface area contributed by atoms with E-state index in [0.717, 1.165) is 12.7 Å². The van der Waals surface area contributed by atoms with Crippen LogP contribution in [0.4, 0.5) is 0 Å². The Morgan fingerprint density at radius 1 is 1.19 bits per heavy atom. The number of ketones is 1. The van der Waals surface area contributed by atoms with Crippen LogP contribution >= 0.6 is 0 Å². The van der Waals surface area contributed by atoms with Gasteiger partial charge in [0.1, 0.15) is 11.5 Å². The number of carbonyl (C=O) groups excluding carboxylic acids is 1. The first kappa shape index (κ1) is 12.9. The van der Waals surface area contributed by atoms with Gasteiger partial charge in [-0.3, -0.25) is 4.79 Å². The molecule has 16 heavy (non-hydrogen) atoms. The lowest BCUT2D eigenvalue weighted by molar-refractivity contribution is -0.116. The van der Waals surface area contributed by atoms with Crippen LogP contribution in [0.3, 0.4) is 0 Å². The molecule has 0 aliphatic heterocycles. The Bertz CT molecular complexity index is 435. The van der Waals surface area contributed by atoms with Crippen molar-refractivity contribution in [2.45, 2.75) is 19.3 Å². The molecule has 0 N–H and O–H groups in total. The van der Waals surface area contributed by atoms with Crippen LogP contribution in [-0.2, 0) is 21.1 Å². The fraction of sp³-hybridized carbons (Fsp3) is 0.417. The van der Waals surface area contributed by atoms with Gasteiger partial charge in [0.2, 0.25) is 0 Å². The fourth-order valence-corrected chi connectivity index (χ4v) is 2.23. The molecule has 0 radical (unpaired) electrons. The Hall–Kier alpha value is -1.16. The summed E-state index contributed by atoms with van der Waals surface area (Å²) >= 11 is 0. The van der Waals surface area contributed by atoms with E-state index in [9.17, 15) is 13.2 Å². The first-order valence-corrected chi connectivity index (χ1v) is 7.27. The molecule has 0 unspecified atom stereocenters. The van der Waals surface area contributed by atoms with Gasteiger partial charge in [0, 0.05) is 12.7 Å². The lowest BCUT2D eigenvalue weighted by atomic mass is 10.1. The summed E-state index contributed by atoms with van der Waals surface area (Å²) < 4.78 is 21.7. The van der Waals surface area contributed by atoms with E-state index in [4.69, 9.17) is 0 Å². The lowest BCUT2D eigenvalue weighted by Crippen LogP contribution is -2.14. The number of benzene rings is 1. The van der Waals surface area contributed by atoms with Crippen LogP contribution in [-0.4, -0.2) is 26.2 Å². The monoisotopic (exact) mass is 240 g/mol. The van der Waals surface area contributed by atoms with Gasteiger partial charge in [0.05, 0.1) is 0 Å². The molecule has 0 bridgehead atoms. The number of hydrogen-bond donors (Lipinski definition) is 0. The molecule has 0 spiro atoms. The summed E-state index contributed by atoms with van der Waals surface area (Å²) in [5, 5.41) is 0. The molecule has 0 aliphatic rings. The normalized spacial score (nSPS) is 11.3. The zero-order valence-corrected chi connectivity index (χ0v) is 10.2. The summed E-state index contributed by atoms with van der Waals surface area (Å²) in [6.45, 7) is 0. The van der Waals surface area contributed by atoms with Crippen LogP contribution in [0.1, 0.15) is 18.4 Å². The van der Waals surface area contributed by atoms with E-state index in [0.29, 0.717) is 12.8 Å². The van der Waals surface area contributed by atoms with Gasteiger partial charge in [0.15, 0.2) is 9.84 Å². The highest BCUT2D eigenvalue weighted by Gasteiger charge is 2.10. The number of Topliss-reactive ketones (excluding diaryl/α,β-unsaturated/α-hetero) is 1. The van der Waals surface area contributed by atoms with E-state index >= 15 is 0 Å². The van der Waals surface area contributed by atoms with Crippen LogP contribution in [0.25, 0.3) is 0 Å². The molecule has 0 fully saturated rings. The number of aryl methyl sites for hydroxylation is 1. The second-order valence-electron chi connectivity index (χ2n) is 3.95. The third-order valence-electron chi connectivity index (χ3n) is 2.19. The Morgan fingerprint density at radius 3 is 2.38 bits per heavy atom. The van der Waals surface area contributed by atoms with Crippen molar-refractivity contribution in [1.82, 2.24) is 0 Å². The van der Waals surface area contributed by atoms with Gasteiger partial charge in [-0.05, 0) is 18.4 Å². The number of carbonyl (C=O) groups is 1. The molecule has 88 valence electrons. The average Bonchev–Trinajstić information content (AvgIpc) is 2.16. The van der Waals surface area contributed by atoms with Crippen LogP contribution in [0.2, 0.25) is 0 Å². The standard InChI is InChI=1S/C12H16O3S/c1-16(14,15)10-12(13)9-5-8-11-6-3-2-4-7-11/h2-4,6-7H,5,8-10H2,1H3. The smallest absolute Gasteiger partial charge is 0.154 e. The second kappa shape index (κ2) is 5.80. The lowest BCUT2D eigenvalue weighted by Gasteiger charge is -2.00. The molecule has 0 amide bonds. The summed E-state index contributed by atoms with van der Waals surface area (Å²) in [4.78, 5) is 11.3. The zero-order valence-electron chi connectivity index (χ0n) is 9.35. The summed E-state index contributed by atoms with van der Waals surface area (Å²) in [5.41, 5.74) is 1.18. The maximum absolute atomic E-state index is 11.3. The Balaban J connectivity index is 2.29. The maximum Gasteiger partial charge on any atom is 0.154 e. The molecule has 3 nitrogen and oxygen atoms in total. The molecule has 0 saturated heterocycles. The van der Waals surface area contributed by atoms with Crippen molar-refractivity contribution in [3.63, 3.8) is 0 Å². The predicted molar refractivity (Wildman–Crippen MR) is 64.1 cm³/mol. The molecule has 1 aromatic carbocycles. The van der Waals surface area contributed by atoms with Gasteiger partial charge in [-0.1, -0.05) is 30.3 Å². The molecule has 0 saturated carbocycles. The van der Waals surface area contributed by atoms with Gasteiger partial charge in [-0.25, -0.2) is 8.42 Å². The van der Waals surface area contributed by atoms with E-state index in [1.165, 1.54) is 5.56 Å². The summed E-state index contributed by atoms with van der Waals surface area (Å²) in [6.07, 6.45) is 2.94. The Morgan fingerprint density at radius 2 is 1.81 bits per heavy atom. The van der Waals surface area contributed by atoms with Gasteiger partial charge in [0.25, 0.3) is 0 Å². The van der Waals surface area contributed by atoms with E-state index < -0.39 is 9.84 Å². The number of rotatable bonds is 6. The molecule has 1 rings (SSSR count). The van der Waals surface area contributed by atoms with Crippen molar-refractivity contribution >= 4 is 15.6 Å². The minimum Gasteiger partial charge on any atom is -0.299 e. The summed E-state index contributed by atoms with van der Waals surface area (Å²) in [6, 6.07) is 9.85. The van der Waals surface area contributed by atoms with Crippen LogP contribution < -0.4 is 0 Å². The quantitative estimate of drug-likeness (QED) is 0.759. The molecule has 4 heteroatoms. The zero-order chi connectivity index (χ0) is 12.0. The molecule has 0 aliphatic carbocycles. The van der Waals surface area contributed by atoms with E-state index in [-0.39, 0.29) is 11.5 Å². The highest BCUT2D eigenvalue weighted by atomic mass is 32.2. The highest BCUT2D eigenvalue weighted by Crippen LogP contribution is 2.05. The minimum absolute atomic E-state index is 0.196. The SMILES string of the molecule is CS(=O)(=O)CC(=O)CCCc1ccccc1.